The number of rotatable bonds is 6. The third-order valence-corrected chi connectivity index (χ3v) is 3.67. The number of nitrogens with one attached hydrogen (secondary N) is 1. The van der Waals surface area contributed by atoms with E-state index in [1.165, 1.54) is 0 Å². The third kappa shape index (κ3) is 3.91. The topological polar surface area (TPSA) is 80.1 Å². The lowest BCUT2D eigenvalue weighted by Gasteiger charge is -2.32. The quantitative estimate of drug-likeness (QED) is 0.759. The van der Waals surface area contributed by atoms with Crippen molar-refractivity contribution in [2.75, 3.05) is 24.6 Å². The van der Waals surface area contributed by atoms with Crippen LogP contribution in [0.3, 0.4) is 0 Å². The van der Waals surface area contributed by atoms with Gasteiger partial charge in [0.25, 0.3) is 0 Å². The molecule has 1 aromatic rings. The van der Waals surface area contributed by atoms with Crippen LogP contribution in [0.5, 0.6) is 0 Å². The summed E-state index contributed by atoms with van der Waals surface area (Å²) in [5.74, 6) is 2.22. The van der Waals surface area contributed by atoms with Crippen LogP contribution in [0.1, 0.15) is 38.9 Å². The summed E-state index contributed by atoms with van der Waals surface area (Å²) < 4.78 is 5.45. The lowest BCUT2D eigenvalue weighted by molar-refractivity contribution is 0.116. The number of aromatic amines is 1. The monoisotopic (exact) mass is 267 g/mol. The van der Waals surface area contributed by atoms with Crippen molar-refractivity contribution in [3.63, 3.8) is 0 Å². The summed E-state index contributed by atoms with van der Waals surface area (Å²) >= 11 is 0. The summed E-state index contributed by atoms with van der Waals surface area (Å²) in [5.41, 5.74) is 5.95. The van der Waals surface area contributed by atoms with Crippen LogP contribution in [0.15, 0.2) is 0 Å². The molecule has 6 nitrogen and oxygen atoms in total. The lowest BCUT2D eigenvalue weighted by Crippen LogP contribution is -2.40. The number of hydrogen-bond donors (Lipinski definition) is 2. The first kappa shape index (κ1) is 14.3. The molecule has 1 atom stereocenters. The fraction of sp³-hybridized carbons (Fsp3) is 0.846. The van der Waals surface area contributed by atoms with Gasteiger partial charge in [0.15, 0.2) is 5.82 Å². The minimum absolute atomic E-state index is 0.285. The van der Waals surface area contributed by atoms with Crippen LogP contribution in [0.2, 0.25) is 0 Å². The number of anilines is 1. The van der Waals surface area contributed by atoms with Gasteiger partial charge in [0, 0.05) is 25.7 Å². The zero-order chi connectivity index (χ0) is 13.7. The number of H-pyrrole nitrogens is 1. The molecular weight excluding hydrogens is 242 g/mol. The molecule has 19 heavy (non-hydrogen) atoms. The maximum Gasteiger partial charge on any atom is 0.244 e. The molecule has 1 aliphatic heterocycles. The molecule has 1 aromatic heterocycles. The summed E-state index contributed by atoms with van der Waals surface area (Å²) in [7, 11) is 0. The molecule has 1 unspecified atom stereocenters. The Labute approximate surface area is 114 Å². The van der Waals surface area contributed by atoms with Crippen LogP contribution in [0.4, 0.5) is 5.95 Å². The van der Waals surface area contributed by atoms with E-state index in [2.05, 4.69) is 33.9 Å². The van der Waals surface area contributed by atoms with Crippen LogP contribution in [-0.4, -0.2) is 40.9 Å². The fourth-order valence-electron chi connectivity index (χ4n) is 2.43. The maximum atomic E-state index is 5.95. The Balaban J connectivity index is 1.82. The standard InChI is InChI=1S/C13H25N5O/c1-3-8-19-9-12-15-13(17-16-12)18-6-4-11(5-7-18)10(2)14/h10-11H,3-9,14H2,1-2H3,(H,15,16,17). The Kier molecular flexibility index (Phi) is 5.15. The number of hydrogen-bond acceptors (Lipinski definition) is 5. The van der Waals surface area contributed by atoms with E-state index < -0.39 is 0 Å². The van der Waals surface area contributed by atoms with E-state index in [0.29, 0.717) is 12.5 Å². The second-order valence-corrected chi connectivity index (χ2v) is 5.32. The van der Waals surface area contributed by atoms with Crippen molar-refractivity contribution in [2.24, 2.45) is 11.7 Å². The molecule has 2 heterocycles. The average molecular weight is 267 g/mol. The molecule has 0 radical (unpaired) electrons. The molecule has 0 aliphatic carbocycles. The zero-order valence-electron chi connectivity index (χ0n) is 11.9. The smallest absolute Gasteiger partial charge is 0.244 e. The highest BCUT2D eigenvalue weighted by Gasteiger charge is 2.23. The predicted molar refractivity (Wildman–Crippen MR) is 74.9 cm³/mol. The fourth-order valence-corrected chi connectivity index (χ4v) is 2.43. The Morgan fingerprint density at radius 1 is 1.47 bits per heavy atom. The van der Waals surface area contributed by atoms with Crippen LogP contribution in [0.25, 0.3) is 0 Å². The van der Waals surface area contributed by atoms with E-state index in [-0.39, 0.29) is 6.04 Å². The molecule has 0 spiro atoms. The molecular formula is C13H25N5O. The van der Waals surface area contributed by atoms with Gasteiger partial charge >= 0.3 is 0 Å². The van der Waals surface area contributed by atoms with E-state index in [0.717, 1.165) is 50.7 Å². The summed E-state index contributed by atoms with van der Waals surface area (Å²) in [6.07, 6.45) is 3.26. The molecule has 1 fully saturated rings. The Hall–Kier alpha value is -1.14. The number of piperidine rings is 1. The van der Waals surface area contributed by atoms with Gasteiger partial charge in [-0.05, 0) is 32.1 Å². The average Bonchev–Trinajstić information content (AvgIpc) is 2.88. The molecule has 3 N–H and O–H groups in total. The summed E-state index contributed by atoms with van der Waals surface area (Å²) in [6.45, 7) is 7.43. The van der Waals surface area contributed by atoms with Crippen molar-refractivity contribution in [1.29, 1.82) is 0 Å². The third-order valence-electron chi connectivity index (χ3n) is 3.67. The summed E-state index contributed by atoms with van der Waals surface area (Å²) in [6, 6.07) is 0.285. The Bertz CT molecular complexity index is 371. The van der Waals surface area contributed by atoms with Gasteiger partial charge in [-0.2, -0.15) is 4.98 Å². The molecule has 108 valence electrons. The predicted octanol–water partition coefficient (Wildman–Crippen LogP) is 1.29. The molecule has 0 saturated carbocycles. The van der Waals surface area contributed by atoms with E-state index in [4.69, 9.17) is 10.5 Å². The molecule has 2 rings (SSSR count). The van der Waals surface area contributed by atoms with Gasteiger partial charge in [0.05, 0.1) is 0 Å². The van der Waals surface area contributed by atoms with E-state index in [1.807, 2.05) is 0 Å². The van der Waals surface area contributed by atoms with Gasteiger partial charge < -0.3 is 15.4 Å². The van der Waals surface area contributed by atoms with Crippen LogP contribution in [-0.2, 0) is 11.3 Å². The first-order valence-corrected chi connectivity index (χ1v) is 7.20. The van der Waals surface area contributed by atoms with Crippen molar-refractivity contribution in [3.8, 4) is 0 Å². The second kappa shape index (κ2) is 6.86. The normalized spacial score (nSPS) is 18.8. The van der Waals surface area contributed by atoms with Crippen molar-refractivity contribution in [2.45, 2.75) is 45.8 Å². The molecule has 1 saturated heterocycles. The Morgan fingerprint density at radius 3 is 2.84 bits per heavy atom. The van der Waals surface area contributed by atoms with Gasteiger partial charge in [-0.1, -0.05) is 6.92 Å². The van der Waals surface area contributed by atoms with Crippen molar-refractivity contribution < 1.29 is 4.74 Å². The lowest BCUT2D eigenvalue weighted by atomic mass is 9.91. The first-order chi connectivity index (χ1) is 9.20. The molecule has 0 bridgehead atoms. The van der Waals surface area contributed by atoms with Crippen molar-refractivity contribution >= 4 is 5.95 Å². The number of nitrogens with two attached hydrogens (primary N) is 1. The molecule has 0 amide bonds. The van der Waals surface area contributed by atoms with E-state index in [9.17, 15) is 0 Å². The number of aromatic nitrogens is 3. The molecule has 0 aromatic carbocycles. The first-order valence-electron chi connectivity index (χ1n) is 7.20. The van der Waals surface area contributed by atoms with Crippen LogP contribution in [0, 0.1) is 5.92 Å². The number of nitrogens with zero attached hydrogens (tertiary/aromatic N) is 3. The van der Waals surface area contributed by atoms with Crippen LogP contribution >= 0.6 is 0 Å². The second-order valence-electron chi connectivity index (χ2n) is 5.32. The minimum atomic E-state index is 0.285. The molecule has 6 heteroatoms. The van der Waals surface area contributed by atoms with Gasteiger partial charge in [0.1, 0.15) is 6.61 Å². The maximum absolute atomic E-state index is 5.95. The van der Waals surface area contributed by atoms with Gasteiger partial charge in [-0.25, -0.2) is 0 Å². The highest BCUT2D eigenvalue weighted by molar-refractivity contribution is 5.29. The van der Waals surface area contributed by atoms with Gasteiger partial charge in [-0.15, -0.1) is 5.10 Å². The van der Waals surface area contributed by atoms with Crippen molar-refractivity contribution in [3.05, 3.63) is 5.82 Å². The largest absolute Gasteiger partial charge is 0.373 e. The van der Waals surface area contributed by atoms with Crippen molar-refractivity contribution in [1.82, 2.24) is 15.2 Å². The van der Waals surface area contributed by atoms with Gasteiger partial charge in [0.2, 0.25) is 5.95 Å². The molecule has 1 aliphatic rings. The summed E-state index contributed by atoms with van der Waals surface area (Å²) in [4.78, 5) is 6.70. The zero-order valence-corrected chi connectivity index (χ0v) is 11.9. The highest BCUT2D eigenvalue weighted by Crippen LogP contribution is 2.22. The van der Waals surface area contributed by atoms with E-state index >= 15 is 0 Å². The SMILES string of the molecule is CCCOCc1nc(N2CCC(C(C)N)CC2)n[nH]1. The Morgan fingerprint density at radius 2 is 2.21 bits per heavy atom. The van der Waals surface area contributed by atoms with E-state index in [1.54, 1.807) is 0 Å². The van der Waals surface area contributed by atoms with Gasteiger partial charge in [-0.3, -0.25) is 5.10 Å². The minimum Gasteiger partial charge on any atom is -0.373 e. The van der Waals surface area contributed by atoms with Crippen LogP contribution < -0.4 is 10.6 Å². The highest BCUT2D eigenvalue weighted by atomic mass is 16.5. The number of ether oxygens (including phenoxy) is 1. The summed E-state index contributed by atoms with van der Waals surface area (Å²) in [5, 5.41) is 7.21.